The largest absolute Gasteiger partial charge is 0.367 e. The highest BCUT2D eigenvalue weighted by Crippen LogP contribution is 2.30. The molecule has 2 heterocycles. The fraction of sp³-hybridized carbons (Fsp3) is 0.375. The molecule has 0 unspecified atom stereocenters. The van der Waals surface area contributed by atoms with E-state index in [0.717, 1.165) is 37.6 Å². The second-order valence-corrected chi connectivity index (χ2v) is 6.10. The highest BCUT2D eigenvalue weighted by Gasteiger charge is 2.19. The van der Waals surface area contributed by atoms with Crippen LogP contribution in [0.25, 0.3) is 0 Å². The van der Waals surface area contributed by atoms with Gasteiger partial charge in [0.05, 0.1) is 11.4 Å². The van der Waals surface area contributed by atoms with Crippen LogP contribution in [0.15, 0.2) is 35.5 Å². The van der Waals surface area contributed by atoms with Gasteiger partial charge in [-0.25, -0.2) is 4.79 Å². The minimum absolute atomic E-state index is 0.212. The van der Waals surface area contributed by atoms with Gasteiger partial charge in [-0.15, -0.1) is 0 Å². The van der Waals surface area contributed by atoms with Gasteiger partial charge in [-0.2, -0.15) is 0 Å². The van der Waals surface area contributed by atoms with Crippen LogP contribution in [0.2, 0.25) is 5.02 Å². The number of carbonyl (C=O) groups excluding carboxylic acids is 1. The molecule has 0 radical (unpaired) electrons. The highest BCUT2D eigenvalue weighted by molar-refractivity contribution is 6.31. The topological polar surface area (TPSA) is 51.2 Å². The number of amides is 2. The molecule has 7 heteroatoms. The average Bonchev–Trinajstić information content (AvgIpc) is 2.57. The van der Waals surface area contributed by atoms with Crippen LogP contribution in [-0.4, -0.2) is 61.9 Å². The van der Waals surface area contributed by atoms with Crippen LogP contribution in [0.4, 0.5) is 16.2 Å². The van der Waals surface area contributed by atoms with Gasteiger partial charge in [-0.1, -0.05) is 11.6 Å². The molecule has 2 amide bonds. The van der Waals surface area contributed by atoms with E-state index in [0.29, 0.717) is 11.7 Å². The van der Waals surface area contributed by atoms with Gasteiger partial charge in [0.15, 0.2) is 0 Å². The summed E-state index contributed by atoms with van der Waals surface area (Å²) in [7, 11) is 2.12. The Morgan fingerprint density at radius 2 is 2.04 bits per heavy atom. The quantitative estimate of drug-likeness (QED) is 0.904. The Bertz CT molecular complexity index is 637. The van der Waals surface area contributed by atoms with E-state index >= 15 is 0 Å². The molecule has 1 N–H and O–H groups in total. The van der Waals surface area contributed by atoms with Crippen molar-refractivity contribution in [3.63, 3.8) is 0 Å². The number of halogens is 1. The van der Waals surface area contributed by atoms with E-state index in [9.17, 15) is 4.79 Å². The number of nitrogens with one attached hydrogen (secondary N) is 1. The van der Waals surface area contributed by atoms with E-state index in [4.69, 9.17) is 11.6 Å². The number of rotatable bonds is 2. The molecule has 1 fully saturated rings. The van der Waals surface area contributed by atoms with E-state index in [1.807, 2.05) is 12.1 Å². The standard InChI is InChI=1S/C16H20ClN5O/c1-20-7-9-21(10-8-20)15-4-3-13(17)11-14(15)19-16(23)22-6-2-5-18-12-22/h2-6,11H,7-10,12H2,1H3,(H,19,23). The van der Waals surface area contributed by atoms with Gasteiger partial charge in [0.2, 0.25) is 0 Å². The lowest BCUT2D eigenvalue weighted by Gasteiger charge is -2.35. The van der Waals surface area contributed by atoms with Crippen LogP contribution < -0.4 is 10.2 Å². The van der Waals surface area contributed by atoms with E-state index in [2.05, 4.69) is 27.2 Å². The predicted octanol–water partition coefficient (Wildman–Crippen LogP) is 2.48. The summed E-state index contributed by atoms with van der Waals surface area (Å²) in [5.41, 5.74) is 1.73. The second-order valence-electron chi connectivity index (χ2n) is 5.67. The molecule has 1 saturated heterocycles. The smallest absolute Gasteiger partial charge is 0.327 e. The zero-order chi connectivity index (χ0) is 16.2. The molecule has 0 bridgehead atoms. The van der Waals surface area contributed by atoms with Crippen molar-refractivity contribution in [2.24, 2.45) is 4.99 Å². The molecule has 23 heavy (non-hydrogen) atoms. The molecular weight excluding hydrogens is 314 g/mol. The van der Waals surface area contributed by atoms with Crippen molar-refractivity contribution >= 4 is 35.2 Å². The summed E-state index contributed by atoms with van der Waals surface area (Å²) < 4.78 is 0. The van der Waals surface area contributed by atoms with Gasteiger partial charge in [-0.3, -0.25) is 9.89 Å². The van der Waals surface area contributed by atoms with E-state index < -0.39 is 0 Å². The van der Waals surface area contributed by atoms with Crippen LogP contribution in [0.5, 0.6) is 0 Å². The molecule has 0 atom stereocenters. The van der Waals surface area contributed by atoms with Crippen LogP contribution >= 0.6 is 11.6 Å². The van der Waals surface area contributed by atoms with Crippen molar-refractivity contribution in [1.82, 2.24) is 9.80 Å². The Labute approximate surface area is 141 Å². The summed E-state index contributed by atoms with van der Waals surface area (Å²) in [6.45, 7) is 4.18. The van der Waals surface area contributed by atoms with Crippen LogP contribution in [0.1, 0.15) is 0 Å². The Kier molecular flexibility index (Phi) is 4.83. The zero-order valence-electron chi connectivity index (χ0n) is 13.1. The number of allylic oxidation sites excluding steroid dienone is 1. The Hall–Kier alpha value is -2.05. The third-order valence-electron chi connectivity index (χ3n) is 4.00. The Morgan fingerprint density at radius 1 is 1.26 bits per heavy atom. The lowest BCUT2D eigenvalue weighted by molar-refractivity contribution is 0.229. The number of hydrogen-bond acceptors (Lipinski definition) is 4. The van der Waals surface area contributed by atoms with Crippen molar-refractivity contribution in [2.75, 3.05) is 50.1 Å². The fourth-order valence-corrected chi connectivity index (χ4v) is 2.81. The number of anilines is 2. The van der Waals surface area contributed by atoms with E-state index in [1.165, 1.54) is 4.90 Å². The van der Waals surface area contributed by atoms with Crippen LogP contribution in [-0.2, 0) is 0 Å². The molecule has 2 aliphatic heterocycles. The van der Waals surface area contributed by atoms with Crippen LogP contribution in [0, 0.1) is 0 Å². The predicted molar refractivity (Wildman–Crippen MR) is 94.5 cm³/mol. The summed E-state index contributed by atoms with van der Waals surface area (Å²) in [6, 6.07) is 5.41. The lowest BCUT2D eigenvalue weighted by Crippen LogP contribution is -2.44. The third kappa shape index (κ3) is 3.83. The molecule has 0 aliphatic carbocycles. The maximum Gasteiger partial charge on any atom is 0.327 e. The van der Waals surface area contributed by atoms with Crippen molar-refractivity contribution in [2.45, 2.75) is 0 Å². The normalized spacial score (nSPS) is 18.3. The molecule has 1 aromatic carbocycles. The van der Waals surface area contributed by atoms with Gasteiger partial charge >= 0.3 is 6.03 Å². The number of urea groups is 1. The summed E-state index contributed by atoms with van der Waals surface area (Å²) in [4.78, 5) is 22.5. The molecular formula is C16H20ClN5O. The first-order chi connectivity index (χ1) is 11.1. The molecule has 0 spiro atoms. The Balaban J connectivity index is 1.77. The molecule has 3 rings (SSSR count). The summed E-state index contributed by atoms with van der Waals surface area (Å²) in [5, 5.41) is 3.55. The fourth-order valence-electron chi connectivity index (χ4n) is 2.64. The van der Waals surface area contributed by atoms with Gasteiger partial charge in [0.1, 0.15) is 6.67 Å². The van der Waals surface area contributed by atoms with Crippen molar-refractivity contribution in [1.29, 1.82) is 0 Å². The van der Waals surface area contributed by atoms with E-state index in [-0.39, 0.29) is 6.03 Å². The number of nitrogens with zero attached hydrogens (tertiary/aromatic N) is 4. The lowest BCUT2D eigenvalue weighted by atomic mass is 10.2. The first-order valence-corrected chi connectivity index (χ1v) is 7.98. The molecule has 6 nitrogen and oxygen atoms in total. The maximum absolute atomic E-state index is 12.4. The van der Waals surface area contributed by atoms with Crippen molar-refractivity contribution < 1.29 is 4.79 Å². The maximum atomic E-state index is 12.4. The SMILES string of the molecule is CN1CCN(c2ccc(Cl)cc2NC(=O)N2C=CC=NC2)CC1. The Morgan fingerprint density at radius 3 is 2.74 bits per heavy atom. The summed E-state index contributed by atoms with van der Waals surface area (Å²) in [6.07, 6.45) is 5.13. The molecule has 1 aromatic rings. The monoisotopic (exact) mass is 333 g/mol. The first-order valence-electron chi connectivity index (χ1n) is 7.61. The van der Waals surface area contributed by atoms with E-state index in [1.54, 1.807) is 24.6 Å². The van der Waals surface area contributed by atoms with Gasteiger partial charge in [-0.05, 0) is 31.3 Å². The second kappa shape index (κ2) is 7.02. The van der Waals surface area contributed by atoms with Crippen molar-refractivity contribution in [3.05, 3.63) is 35.5 Å². The molecule has 0 saturated carbocycles. The number of hydrogen-bond donors (Lipinski definition) is 1. The van der Waals surface area contributed by atoms with Gasteiger partial charge in [0, 0.05) is 43.6 Å². The minimum atomic E-state index is -0.212. The molecule has 122 valence electrons. The molecule has 2 aliphatic rings. The number of likely N-dealkylation sites (N-methyl/N-ethyl adjacent to an activating group) is 1. The van der Waals surface area contributed by atoms with Gasteiger partial charge < -0.3 is 15.1 Å². The molecule has 0 aromatic heterocycles. The first kappa shape index (κ1) is 15.8. The number of carbonyl (C=O) groups is 1. The zero-order valence-corrected chi connectivity index (χ0v) is 13.8. The average molecular weight is 334 g/mol. The van der Waals surface area contributed by atoms with Gasteiger partial charge in [0.25, 0.3) is 0 Å². The van der Waals surface area contributed by atoms with Crippen LogP contribution in [0.3, 0.4) is 0 Å². The third-order valence-corrected chi connectivity index (χ3v) is 4.23. The number of aliphatic imine (C=N–C) groups is 1. The highest BCUT2D eigenvalue weighted by atomic mass is 35.5. The number of piperazine rings is 1. The summed E-state index contributed by atoms with van der Waals surface area (Å²) >= 11 is 6.12. The minimum Gasteiger partial charge on any atom is -0.367 e. The summed E-state index contributed by atoms with van der Waals surface area (Å²) in [5.74, 6) is 0. The van der Waals surface area contributed by atoms with Crippen molar-refractivity contribution in [3.8, 4) is 0 Å². The number of benzene rings is 1.